The van der Waals surface area contributed by atoms with Crippen molar-refractivity contribution in [2.75, 3.05) is 26.7 Å². The number of halogens is 1. The van der Waals surface area contributed by atoms with E-state index in [9.17, 15) is 4.79 Å². The minimum absolute atomic E-state index is 0. The second-order valence-electron chi connectivity index (χ2n) is 4.46. The molecule has 1 fully saturated rings. The summed E-state index contributed by atoms with van der Waals surface area (Å²) in [5.74, 6) is 1.19. The maximum atomic E-state index is 10.7. The van der Waals surface area contributed by atoms with Crippen LogP contribution in [0.15, 0.2) is 18.2 Å². The normalized spacial score (nSPS) is 22.2. The first-order valence-electron chi connectivity index (χ1n) is 5.95. The Morgan fingerprint density at radius 1 is 1.32 bits per heavy atom. The smallest absolute Gasteiger partial charge is 0.170 e. The molecule has 1 heterocycles. The zero-order chi connectivity index (χ0) is 13.0. The SMILES string of the molecule is COc1cc(C=O)ccc1O[C@]1(C)CNCCN1.Cl. The molecule has 2 rings (SSSR count). The predicted molar refractivity (Wildman–Crippen MR) is 75.5 cm³/mol. The van der Waals surface area contributed by atoms with Crippen molar-refractivity contribution in [3.05, 3.63) is 23.8 Å². The van der Waals surface area contributed by atoms with Gasteiger partial charge in [-0.3, -0.25) is 10.1 Å². The van der Waals surface area contributed by atoms with Crippen LogP contribution in [0.4, 0.5) is 0 Å². The van der Waals surface area contributed by atoms with Gasteiger partial charge in [0.2, 0.25) is 0 Å². The number of nitrogens with one attached hydrogen (secondary N) is 2. The number of benzene rings is 1. The molecule has 0 bridgehead atoms. The monoisotopic (exact) mass is 286 g/mol. The predicted octanol–water partition coefficient (Wildman–Crippen LogP) is 1.22. The zero-order valence-corrected chi connectivity index (χ0v) is 11.9. The van der Waals surface area contributed by atoms with Gasteiger partial charge in [0.25, 0.3) is 0 Å². The number of carbonyl (C=O) groups is 1. The van der Waals surface area contributed by atoms with Gasteiger partial charge in [0.15, 0.2) is 17.2 Å². The number of rotatable bonds is 4. The molecule has 1 aromatic rings. The van der Waals surface area contributed by atoms with Gasteiger partial charge in [-0.2, -0.15) is 0 Å². The van der Waals surface area contributed by atoms with Gasteiger partial charge in [-0.1, -0.05) is 0 Å². The number of hydrogen-bond donors (Lipinski definition) is 2. The maximum Gasteiger partial charge on any atom is 0.170 e. The number of methoxy groups -OCH3 is 1. The highest BCUT2D eigenvalue weighted by Gasteiger charge is 2.29. The molecule has 0 spiro atoms. The lowest BCUT2D eigenvalue weighted by molar-refractivity contribution is 0.0355. The summed E-state index contributed by atoms with van der Waals surface area (Å²) in [7, 11) is 1.56. The van der Waals surface area contributed by atoms with E-state index in [4.69, 9.17) is 9.47 Å². The zero-order valence-electron chi connectivity index (χ0n) is 11.1. The van der Waals surface area contributed by atoms with Crippen molar-refractivity contribution < 1.29 is 14.3 Å². The lowest BCUT2D eigenvalue weighted by Gasteiger charge is -2.36. The van der Waals surface area contributed by atoms with Crippen LogP contribution < -0.4 is 20.1 Å². The van der Waals surface area contributed by atoms with E-state index in [2.05, 4.69) is 10.6 Å². The Bertz CT molecular complexity index is 434. The summed E-state index contributed by atoms with van der Waals surface area (Å²) in [6.45, 7) is 4.48. The van der Waals surface area contributed by atoms with Crippen molar-refractivity contribution in [1.29, 1.82) is 0 Å². The summed E-state index contributed by atoms with van der Waals surface area (Å²) in [4.78, 5) is 10.7. The molecular weight excluding hydrogens is 268 g/mol. The van der Waals surface area contributed by atoms with Crippen LogP contribution in [-0.4, -0.2) is 38.8 Å². The third kappa shape index (κ3) is 3.83. The van der Waals surface area contributed by atoms with Crippen LogP contribution in [0.3, 0.4) is 0 Å². The molecule has 0 radical (unpaired) electrons. The summed E-state index contributed by atoms with van der Waals surface area (Å²) in [6, 6.07) is 5.14. The molecule has 1 saturated heterocycles. The quantitative estimate of drug-likeness (QED) is 0.815. The largest absolute Gasteiger partial charge is 0.493 e. The highest BCUT2D eigenvalue weighted by atomic mass is 35.5. The molecule has 0 amide bonds. The van der Waals surface area contributed by atoms with Crippen molar-refractivity contribution in [2.45, 2.75) is 12.6 Å². The fourth-order valence-corrected chi connectivity index (χ4v) is 1.96. The standard InChI is InChI=1S/C13H18N2O3.ClH/c1-13(9-14-5-6-15-13)18-11-4-3-10(8-16)7-12(11)17-2;/h3-4,7-8,14-15H,5-6,9H2,1-2H3;1H/t13-;/m1./s1. The van der Waals surface area contributed by atoms with Crippen LogP contribution in [0, 0.1) is 0 Å². The molecule has 1 aromatic carbocycles. The first-order chi connectivity index (χ1) is 8.67. The van der Waals surface area contributed by atoms with Gasteiger partial charge in [-0.25, -0.2) is 0 Å². The Morgan fingerprint density at radius 2 is 2.11 bits per heavy atom. The van der Waals surface area contributed by atoms with Gasteiger partial charge in [0.05, 0.1) is 7.11 Å². The van der Waals surface area contributed by atoms with E-state index >= 15 is 0 Å². The van der Waals surface area contributed by atoms with Crippen LogP contribution in [0.2, 0.25) is 0 Å². The molecule has 0 aromatic heterocycles. The first kappa shape index (κ1) is 15.8. The van der Waals surface area contributed by atoms with E-state index in [1.165, 1.54) is 0 Å². The first-order valence-corrected chi connectivity index (χ1v) is 5.95. The van der Waals surface area contributed by atoms with E-state index in [-0.39, 0.29) is 12.4 Å². The summed E-state index contributed by atoms with van der Waals surface area (Å²) < 4.78 is 11.2. The van der Waals surface area contributed by atoms with Crippen molar-refractivity contribution in [3.8, 4) is 11.5 Å². The van der Waals surface area contributed by atoms with Crippen molar-refractivity contribution in [2.24, 2.45) is 0 Å². The average Bonchev–Trinajstić information content (AvgIpc) is 2.39. The summed E-state index contributed by atoms with van der Waals surface area (Å²) in [5.41, 5.74) is 0.105. The molecule has 1 aliphatic heterocycles. The Balaban J connectivity index is 0.00000180. The summed E-state index contributed by atoms with van der Waals surface area (Å²) in [5, 5.41) is 6.59. The van der Waals surface area contributed by atoms with Crippen LogP contribution in [0.25, 0.3) is 0 Å². The van der Waals surface area contributed by atoms with Gasteiger partial charge in [0, 0.05) is 25.2 Å². The second kappa shape index (κ2) is 6.75. The van der Waals surface area contributed by atoms with Crippen molar-refractivity contribution in [3.63, 3.8) is 0 Å². The van der Waals surface area contributed by atoms with E-state index < -0.39 is 5.72 Å². The number of hydrogen-bond acceptors (Lipinski definition) is 5. The van der Waals surface area contributed by atoms with E-state index in [0.717, 1.165) is 19.4 Å². The van der Waals surface area contributed by atoms with Gasteiger partial charge < -0.3 is 14.8 Å². The van der Waals surface area contributed by atoms with Gasteiger partial charge in [-0.05, 0) is 25.1 Å². The van der Waals surface area contributed by atoms with Crippen LogP contribution in [0.1, 0.15) is 17.3 Å². The number of piperazine rings is 1. The highest BCUT2D eigenvalue weighted by Crippen LogP contribution is 2.30. The second-order valence-corrected chi connectivity index (χ2v) is 4.46. The van der Waals surface area contributed by atoms with Crippen LogP contribution in [0.5, 0.6) is 11.5 Å². The highest BCUT2D eigenvalue weighted by molar-refractivity contribution is 5.85. The number of ether oxygens (including phenoxy) is 2. The summed E-state index contributed by atoms with van der Waals surface area (Å²) in [6.07, 6.45) is 0.786. The minimum Gasteiger partial charge on any atom is -0.493 e. The van der Waals surface area contributed by atoms with Crippen LogP contribution >= 0.6 is 12.4 Å². The van der Waals surface area contributed by atoms with E-state index in [1.807, 2.05) is 6.92 Å². The topological polar surface area (TPSA) is 59.6 Å². The minimum atomic E-state index is -0.464. The van der Waals surface area contributed by atoms with Crippen molar-refractivity contribution >= 4 is 18.7 Å². The molecule has 2 N–H and O–H groups in total. The van der Waals surface area contributed by atoms with E-state index in [0.29, 0.717) is 23.6 Å². The van der Waals surface area contributed by atoms with Gasteiger partial charge >= 0.3 is 0 Å². The Kier molecular flexibility index (Phi) is 5.60. The lowest BCUT2D eigenvalue weighted by Crippen LogP contribution is -2.60. The maximum absolute atomic E-state index is 10.7. The van der Waals surface area contributed by atoms with Crippen LogP contribution in [-0.2, 0) is 0 Å². The lowest BCUT2D eigenvalue weighted by atomic mass is 10.2. The molecule has 106 valence electrons. The third-order valence-corrected chi connectivity index (χ3v) is 2.92. The number of aldehydes is 1. The molecule has 1 atom stereocenters. The third-order valence-electron chi connectivity index (χ3n) is 2.92. The summed E-state index contributed by atoms with van der Waals surface area (Å²) >= 11 is 0. The fourth-order valence-electron chi connectivity index (χ4n) is 1.96. The van der Waals surface area contributed by atoms with Gasteiger partial charge in [0.1, 0.15) is 6.29 Å². The molecule has 6 heteroatoms. The molecule has 0 saturated carbocycles. The molecule has 0 aliphatic carbocycles. The Morgan fingerprint density at radius 3 is 2.68 bits per heavy atom. The molecule has 1 aliphatic rings. The molecule has 5 nitrogen and oxygen atoms in total. The fraction of sp³-hybridized carbons (Fsp3) is 0.462. The molecular formula is C13H19ClN2O3. The average molecular weight is 287 g/mol. The number of carbonyl (C=O) groups excluding carboxylic acids is 1. The van der Waals surface area contributed by atoms with E-state index in [1.54, 1.807) is 25.3 Å². The van der Waals surface area contributed by atoms with Gasteiger partial charge in [-0.15, -0.1) is 12.4 Å². The molecule has 19 heavy (non-hydrogen) atoms. The van der Waals surface area contributed by atoms with Crippen molar-refractivity contribution in [1.82, 2.24) is 10.6 Å². The Hall–Kier alpha value is -1.30. The molecule has 0 unspecified atom stereocenters. The Labute approximate surface area is 119 Å².